The van der Waals surface area contributed by atoms with Crippen molar-refractivity contribution in [3.05, 3.63) is 55.7 Å². The molecule has 10 heteroatoms. The first-order valence-corrected chi connectivity index (χ1v) is 9.24. The zero-order chi connectivity index (χ0) is 16.8. The topological polar surface area (TPSA) is 72.3 Å². The van der Waals surface area contributed by atoms with Crippen molar-refractivity contribution in [2.24, 2.45) is 0 Å². The first-order valence-electron chi connectivity index (χ1n) is 6.23. The van der Waals surface area contributed by atoms with E-state index in [0.717, 1.165) is 26.8 Å². The number of para-hydroxylation sites is 1. The van der Waals surface area contributed by atoms with Crippen molar-refractivity contribution in [2.75, 3.05) is 11.5 Å². The minimum Gasteiger partial charge on any atom is -0.267 e. The Balaban J connectivity index is 2.17. The van der Waals surface area contributed by atoms with Crippen LogP contribution < -0.4 is 9.97 Å². The van der Waals surface area contributed by atoms with Crippen molar-refractivity contribution in [3.63, 3.8) is 0 Å². The number of fused-ring (bicyclic) bond motifs is 1. The molecule has 0 fully saturated rings. The summed E-state index contributed by atoms with van der Waals surface area (Å²) in [6.45, 7) is 0. The number of hydrogen-bond acceptors (Lipinski definition) is 5. The molecule has 1 aromatic carbocycles. The van der Waals surface area contributed by atoms with Crippen LogP contribution >= 0.6 is 34.5 Å². The molecule has 0 saturated heterocycles. The first-order chi connectivity index (χ1) is 10.8. The minimum absolute atomic E-state index is 0.0312. The lowest BCUT2D eigenvalue weighted by molar-refractivity contribution is 0.576. The zero-order valence-electron chi connectivity index (χ0n) is 11.6. The molecule has 3 rings (SSSR count). The van der Waals surface area contributed by atoms with E-state index in [0.29, 0.717) is 10.9 Å². The fraction of sp³-hybridized carbons (Fsp3) is 0.0769. The van der Waals surface area contributed by atoms with E-state index in [1.165, 1.54) is 13.1 Å². The molecular weight excluding hydrogens is 381 g/mol. The van der Waals surface area contributed by atoms with Crippen LogP contribution in [0.4, 0.5) is 0 Å². The van der Waals surface area contributed by atoms with Crippen LogP contribution in [0.2, 0.25) is 8.67 Å². The van der Waals surface area contributed by atoms with E-state index in [9.17, 15) is 13.2 Å². The maximum absolute atomic E-state index is 12.7. The van der Waals surface area contributed by atoms with Gasteiger partial charge in [0.1, 0.15) is 15.6 Å². The fourth-order valence-electron chi connectivity index (χ4n) is 2.02. The van der Waals surface area contributed by atoms with Crippen LogP contribution in [-0.2, 0) is 10.0 Å². The van der Waals surface area contributed by atoms with Crippen molar-refractivity contribution in [1.82, 2.24) is 9.66 Å². The van der Waals surface area contributed by atoms with Crippen molar-refractivity contribution in [1.29, 1.82) is 0 Å². The Hall–Kier alpha value is -1.61. The largest absolute Gasteiger partial charge is 0.280 e. The number of thiophene rings is 1. The Bertz CT molecular complexity index is 1060. The lowest BCUT2D eigenvalue weighted by Crippen LogP contribution is -2.43. The van der Waals surface area contributed by atoms with Crippen molar-refractivity contribution in [3.8, 4) is 0 Å². The smallest absolute Gasteiger partial charge is 0.267 e. The molecule has 0 saturated carbocycles. The SMILES string of the molecule is CN(n1cnc2ccccc2c1=O)S(=O)(=O)c1cc(Cl)sc1Cl. The number of sulfonamides is 1. The summed E-state index contributed by atoms with van der Waals surface area (Å²) >= 11 is 12.7. The molecule has 0 aliphatic carbocycles. The summed E-state index contributed by atoms with van der Waals surface area (Å²) in [6.07, 6.45) is 1.16. The number of nitrogens with zero attached hydrogens (tertiary/aromatic N) is 3. The Morgan fingerprint density at radius 1 is 1.26 bits per heavy atom. The molecule has 0 bridgehead atoms. The summed E-state index contributed by atoms with van der Waals surface area (Å²) in [4.78, 5) is 16.4. The number of rotatable bonds is 3. The monoisotopic (exact) mass is 389 g/mol. The third-order valence-electron chi connectivity index (χ3n) is 3.20. The van der Waals surface area contributed by atoms with Crippen LogP contribution in [0.15, 0.2) is 46.3 Å². The van der Waals surface area contributed by atoms with Crippen molar-refractivity contribution >= 4 is 55.5 Å². The van der Waals surface area contributed by atoms with Gasteiger partial charge in [-0.15, -0.1) is 11.3 Å². The molecule has 0 aliphatic heterocycles. The van der Waals surface area contributed by atoms with Crippen LogP contribution in [-0.4, -0.2) is 25.1 Å². The molecule has 3 aromatic rings. The first kappa shape index (κ1) is 16.3. The molecule has 0 aliphatic rings. The van der Waals surface area contributed by atoms with E-state index >= 15 is 0 Å². The summed E-state index contributed by atoms with van der Waals surface area (Å²) in [5.41, 5.74) is -0.0183. The molecule has 0 atom stereocenters. The second kappa shape index (κ2) is 5.79. The summed E-state index contributed by atoms with van der Waals surface area (Å²) < 4.78 is 27.3. The van der Waals surface area contributed by atoms with Gasteiger partial charge in [-0.2, -0.15) is 13.1 Å². The van der Waals surface area contributed by atoms with Crippen LogP contribution in [0, 0.1) is 0 Å². The summed E-state index contributed by atoms with van der Waals surface area (Å²) in [6, 6.07) is 7.92. The summed E-state index contributed by atoms with van der Waals surface area (Å²) in [5, 5.41) is 0.312. The van der Waals surface area contributed by atoms with E-state index in [-0.39, 0.29) is 13.6 Å². The number of hydrogen-bond donors (Lipinski definition) is 0. The molecule has 0 radical (unpaired) electrons. The van der Waals surface area contributed by atoms with Gasteiger partial charge in [0.2, 0.25) is 0 Å². The third-order valence-corrected chi connectivity index (χ3v) is 6.68. The zero-order valence-corrected chi connectivity index (χ0v) is 14.7. The van der Waals surface area contributed by atoms with Gasteiger partial charge in [-0.05, 0) is 18.2 Å². The highest BCUT2D eigenvalue weighted by Gasteiger charge is 2.27. The number of aromatic nitrogens is 2. The Morgan fingerprint density at radius 2 is 1.96 bits per heavy atom. The van der Waals surface area contributed by atoms with E-state index < -0.39 is 15.6 Å². The second-order valence-electron chi connectivity index (χ2n) is 4.54. The predicted molar refractivity (Wildman–Crippen MR) is 91.7 cm³/mol. The van der Waals surface area contributed by atoms with Crippen LogP contribution in [0.3, 0.4) is 0 Å². The maximum atomic E-state index is 12.7. The molecule has 2 aromatic heterocycles. The van der Waals surface area contributed by atoms with Crippen LogP contribution in [0.1, 0.15) is 0 Å². The maximum Gasteiger partial charge on any atom is 0.280 e. The minimum atomic E-state index is -4.04. The molecule has 0 amide bonds. The number of halogens is 2. The van der Waals surface area contributed by atoms with Gasteiger partial charge in [0.05, 0.1) is 15.2 Å². The quantitative estimate of drug-likeness (QED) is 0.690. The second-order valence-corrected chi connectivity index (χ2v) is 8.74. The van der Waals surface area contributed by atoms with Crippen LogP contribution in [0.25, 0.3) is 10.9 Å². The highest BCUT2D eigenvalue weighted by atomic mass is 35.5. The highest BCUT2D eigenvalue weighted by molar-refractivity contribution is 7.92. The fourth-order valence-corrected chi connectivity index (χ4v) is 5.26. The average molecular weight is 390 g/mol. The predicted octanol–water partition coefficient (Wildman–Crippen LogP) is 2.72. The molecule has 0 N–H and O–H groups in total. The molecule has 23 heavy (non-hydrogen) atoms. The lowest BCUT2D eigenvalue weighted by atomic mass is 10.2. The van der Waals surface area contributed by atoms with Crippen molar-refractivity contribution < 1.29 is 8.42 Å². The van der Waals surface area contributed by atoms with E-state index in [1.54, 1.807) is 24.3 Å². The Labute approximate surface area is 145 Å². The highest BCUT2D eigenvalue weighted by Crippen LogP contribution is 2.35. The Kier molecular flexibility index (Phi) is 4.09. The molecule has 120 valence electrons. The average Bonchev–Trinajstić information content (AvgIpc) is 2.86. The Morgan fingerprint density at radius 3 is 2.61 bits per heavy atom. The number of benzene rings is 1. The van der Waals surface area contributed by atoms with E-state index in [4.69, 9.17) is 23.2 Å². The molecule has 6 nitrogen and oxygen atoms in total. The van der Waals surface area contributed by atoms with Gasteiger partial charge in [-0.1, -0.05) is 35.3 Å². The molecular formula is C13H9Cl2N3O3S2. The molecule has 0 unspecified atom stereocenters. The summed E-state index contributed by atoms with van der Waals surface area (Å²) in [5.74, 6) is 0. The van der Waals surface area contributed by atoms with Gasteiger partial charge >= 0.3 is 0 Å². The van der Waals surface area contributed by atoms with Gasteiger partial charge in [0.25, 0.3) is 15.6 Å². The summed E-state index contributed by atoms with van der Waals surface area (Å²) in [7, 11) is -2.80. The van der Waals surface area contributed by atoms with Gasteiger partial charge < -0.3 is 0 Å². The normalized spacial score (nSPS) is 11.8. The standard InChI is InChI=1S/C13H9Cl2N3O3S2/c1-17(23(20,21)10-6-11(14)22-12(10)15)18-7-16-9-5-3-2-4-8(9)13(18)19/h2-7H,1H3. The lowest BCUT2D eigenvalue weighted by Gasteiger charge is -2.20. The molecule has 0 spiro atoms. The third kappa shape index (κ3) is 2.72. The van der Waals surface area contributed by atoms with Gasteiger partial charge in [-0.25, -0.2) is 9.40 Å². The van der Waals surface area contributed by atoms with Gasteiger partial charge in [0, 0.05) is 7.05 Å². The van der Waals surface area contributed by atoms with E-state index in [1.807, 2.05) is 0 Å². The molecule has 2 heterocycles. The van der Waals surface area contributed by atoms with Crippen LogP contribution in [0.5, 0.6) is 0 Å². The van der Waals surface area contributed by atoms with Gasteiger partial charge in [0.15, 0.2) is 0 Å². The van der Waals surface area contributed by atoms with Gasteiger partial charge in [-0.3, -0.25) is 4.79 Å². The van der Waals surface area contributed by atoms with E-state index in [2.05, 4.69) is 4.98 Å². The van der Waals surface area contributed by atoms with Crippen molar-refractivity contribution in [2.45, 2.75) is 4.90 Å².